The molecule has 7 heteroatoms. The molecule has 0 bridgehead atoms. The van der Waals surface area contributed by atoms with Crippen molar-refractivity contribution in [3.05, 3.63) is 90.1 Å². The average molecular weight is 404 g/mol. The summed E-state index contributed by atoms with van der Waals surface area (Å²) in [5, 5.41) is 5.24. The number of carbonyl (C=O) groups excluding carboxylic acids is 1. The first-order valence-corrected chi connectivity index (χ1v) is 9.58. The Hall–Kier alpha value is -3.58. The van der Waals surface area contributed by atoms with Gasteiger partial charge in [0.25, 0.3) is 0 Å². The lowest BCUT2D eigenvalue weighted by molar-refractivity contribution is -0.117. The highest BCUT2D eigenvalue weighted by Gasteiger charge is 2.39. The van der Waals surface area contributed by atoms with Gasteiger partial charge in [0.15, 0.2) is 0 Å². The maximum absolute atomic E-state index is 13.4. The summed E-state index contributed by atoms with van der Waals surface area (Å²) in [5.74, 6) is -0.729. The Morgan fingerprint density at radius 1 is 0.900 bits per heavy atom. The van der Waals surface area contributed by atoms with Crippen molar-refractivity contribution in [2.75, 3.05) is 4.90 Å². The summed E-state index contributed by atoms with van der Waals surface area (Å²) in [4.78, 5) is 14.4. The summed E-state index contributed by atoms with van der Waals surface area (Å²) in [6, 6.07) is 17.0. The smallest absolute Gasteiger partial charge is 0.229 e. The number of nitrogens with two attached hydrogens (primary N) is 1. The molecule has 0 aliphatic carbocycles. The third-order valence-corrected chi connectivity index (χ3v) is 5.48. The van der Waals surface area contributed by atoms with E-state index in [0.717, 1.165) is 22.2 Å². The fourth-order valence-electron chi connectivity index (χ4n) is 4.08. The maximum atomic E-state index is 13.4. The van der Waals surface area contributed by atoms with E-state index in [9.17, 15) is 13.6 Å². The minimum absolute atomic E-state index is 0.0814. The molecule has 2 heterocycles. The molecule has 0 spiro atoms. The molecule has 1 unspecified atom stereocenters. The van der Waals surface area contributed by atoms with Crippen molar-refractivity contribution < 1.29 is 13.6 Å². The quantitative estimate of drug-likeness (QED) is 0.559. The fraction of sp³-hybridized carbons (Fsp3) is 0.130. The van der Waals surface area contributed by atoms with Crippen molar-refractivity contribution in [2.45, 2.75) is 18.5 Å². The summed E-state index contributed by atoms with van der Waals surface area (Å²) in [6.45, 7) is 0. The van der Waals surface area contributed by atoms with Crippen LogP contribution in [0.15, 0.2) is 72.9 Å². The van der Waals surface area contributed by atoms with Crippen molar-refractivity contribution in [3.8, 4) is 5.69 Å². The minimum Gasteiger partial charge on any atom is -0.325 e. The minimum atomic E-state index is -0.388. The van der Waals surface area contributed by atoms with Crippen LogP contribution in [0.4, 0.5) is 14.5 Å². The molecule has 3 aromatic carbocycles. The highest BCUT2D eigenvalue weighted by Crippen LogP contribution is 2.37. The SMILES string of the molecule is N[C@H]1CC(=O)N(c2ccc3c(cnn3-c3ccc(F)cc3)c2)C1c1ccc(F)cc1. The molecule has 2 N–H and O–H groups in total. The number of anilines is 1. The zero-order chi connectivity index (χ0) is 20.8. The van der Waals surface area contributed by atoms with E-state index in [-0.39, 0.29) is 36.0 Å². The van der Waals surface area contributed by atoms with E-state index in [1.165, 1.54) is 24.3 Å². The molecule has 1 amide bonds. The van der Waals surface area contributed by atoms with E-state index in [2.05, 4.69) is 5.10 Å². The van der Waals surface area contributed by atoms with E-state index in [1.807, 2.05) is 18.2 Å². The molecule has 1 saturated heterocycles. The highest BCUT2D eigenvalue weighted by atomic mass is 19.1. The van der Waals surface area contributed by atoms with Gasteiger partial charge in [-0.15, -0.1) is 0 Å². The van der Waals surface area contributed by atoms with E-state index < -0.39 is 0 Å². The first kappa shape index (κ1) is 18.4. The molecule has 5 nitrogen and oxygen atoms in total. The summed E-state index contributed by atoms with van der Waals surface area (Å²) < 4.78 is 28.3. The second-order valence-electron chi connectivity index (χ2n) is 7.40. The number of nitrogens with zero attached hydrogens (tertiary/aromatic N) is 3. The standard InChI is InChI=1S/C23H18F2N4O/c24-16-3-1-14(2-4-16)23-20(26)12-22(30)28(23)19-9-10-21-15(11-19)13-27-29(21)18-7-5-17(25)6-8-18/h1-11,13,20,23H,12,26H2/t20-,23?/m0/s1. The Kier molecular flexibility index (Phi) is 4.33. The topological polar surface area (TPSA) is 64.2 Å². The van der Waals surface area contributed by atoms with Gasteiger partial charge in [-0.25, -0.2) is 13.5 Å². The molecular weight excluding hydrogens is 386 g/mol. The molecule has 2 atom stereocenters. The van der Waals surface area contributed by atoms with Crippen LogP contribution in [0.2, 0.25) is 0 Å². The third kappa shape index (κ3) is 3.04. The largest absolute Gasteiger partial charge is 0.325 e. The normalized spacial score (nSPS) is 19.0. The van der Waals surface area contributed by atoms with Crippen LogP contribution in [0.25, 0.3) is 16.6 Å². The van der Waals surface area contributed by atoms with Gasteiger partial charge in [0.05, 0.1) is 23.4 Å². The Morgan fingerprint density at radius 3 is 2.23 bits per heavy atom. The Labute approximate surface area is 171 Å². The molecule has 1 aromatic heterocycles. The van der Waals surface area contributed by atoms with Crippen LogP contribution in [0.1, 0.15) is 18.0 Å². The number of halogens is 2. The van der Waals surface area contributed by atoms with E-state index in [0.29, 0.717) is 5.69 Å². The predicted octanol–water partition coefficient (Wildman–Crippen LogP) is 4.11. The lowest BCUT2D eigenvalue weighted by Crippen LogP contribution is -2.33. The van der Waals surface area contributed by atoms with Gasteiger partial charge in [-0.2, -0.15) is 5.10 Å². The number of aromatic nitrogens is 2. The Bertz CT molecular complexity index is 1230. The summed E-state index contributed by atoms with van der Waals surface area (Å²) in [7, 11) is 0. The van der Waals surface area contributed by atoms with Crippen LogP contribution in [0.5, 0.6) is 0 Å². The molecule has 5 rings (SSSR count). The summed E-state index contributed by atoms with van der Waals surface area (Å²) >= 11 is 0. The number of fused-ring (bicyclic) bond motifs is 1. The van der Waals surface area contributed by atoms with Gasteiger partial charge in [0.1, 0.15) is 11.6 Å². The maximum Gasteiger partial charge on any atom is 0.229 e. The average Bonchev–Trinajstić information content (AvgIpc) is 3.29. The van der Waals surface area contributed by atoms with Crippen molar-refractivity contribution in [1.82, 2.24) is 9.78 Å². The first-order chi connectivity index (χ1) is 14.5. The molecule has 1 aliphatic heterocycles. The van der Waals surface area contributed by atoms with Gasteiger partial charge in [-0.1, -0.05) is 12.1 Å². The van der Waals surface area contributed by atoms with Crippen molar-refractivity contribution in [3.63, 3.8) is 0 Å². The third-order valence-electron chi connectivity index (χ3n) is 5.48. The van der Waals surface area contributed by atoms with E-state index in [4.69, 9.17) is 5.73 Å². The number of hydrogen-bond donors (Lipinski definition) is 1. The Balaban J connectivity index is 1.55. The van der Waals surface area contributed by atoms with E-state index >= 15 is 0 Å². The van der Waals surface area contributed by atoms with Crippen molar-refractivity contribution >= 4 is 22.5 Å². The molecule has 30 heavy (non-hydrogen) atoms. The van der Waals surface area contributed by atoms with Gasteiger partial charge in [-0.3, -0.25) is 4.79 Å². The van der Waals surface area contributed by atoms with Gasteiger partial charge in [0, 0.05) is 23.5 Å². The molecule has 0 radical (unpaired) electrons. The second kappa shape index (κ2) is 7.03. The lowest BCUT2D eigenvalue weighted by Gasteiger charge is -2.27. The molecular formula is C23H18F2N4O. The summed E-state index contributed by atoms with van der Waals surface area (Å²) in [6.07, 6.45) is 1.92. The van der Waals surface area contributed by atoms with Crippen LogP contribution in [-0.4, -0.2) is 21.7 Å². The van der Waals surface area contributed by atoms with Gasteiger partial charge >= 0.3 is 0 Å². The zero-order valence-corrected chi connectivity index (χ0v) is 15.9. The van der Waals surface area contributed by atoms with Crippen LogP contribution in [0.3, 0.4) is 0 Å². The van der Waals surface area contributed by atoms with Gasteiger partial charge in [0.2, 0.25) is 5.91 Å². The van der Waals surface area contributed by atoms with E-state index in [1.54, 1.807) is 40.0 Å². The first-order valence-electron chi connectivity index (χ1n) is 9.58. The lowest BCUT2D eigenvalue weighted by atomic mass is 10.0. The predicted molar refractivity (Wildman–Crippen MR) is 110 cm³/mol. The van der Waals surface area contributed by atoms with Crippen LogP contribution in [0, 0.1) is 11.6 Å². The second-order valence-corrected chi connectivity index (χ2v) is 7.40. The number of benzene rings is 3. The van der Waals surface area contributed by atoms with Crippen molar-refractivity contribution in [2.24, 2.45) is 5.73 Å². The zero-order valence-electron chi connectivity index (χ0n) is 15.9. The Morgan fingerprint density at radius 2 is 1.53 bits per heavy atom. The van der Waals surface area contributed by atoms with Gasteiger partial charge in [-0.05, 0) is 60.2 Å². The van der Waals surface area contributed by atoms with Crippen LogP contribution >= 0.6 is 0 Å². The highest BCUT2D eigenvalue weighted by molar-refractivity contribution is 5.99. The molecule has 0 saturated carbocycles. The molecule has 150 valence electrons. The van der Waals surface area contributed by atoms with Crippen molar-refractivity contribution in [1.29, 1.82) is 0 Å². The number of rotatable bonds is 3. The summed E-state index contributed by atoms with van der Waals surface area (Å²) in [5.41, 5.74) is 9.33. The van der Waals surface area contributed by atoms with Crippen LogP contribution < -0.4 is 10.6 Å². The number of amides is 1. The van der Waals surface area contributed by atoms with Gasteiger partial charge < -0.3 is 10.6 Å². The number of hydrogen-bond acceptors (Lipinski definition) is 3. The molecule has 1 aliphatic rings. The fourth-order valence-corrected chi connectivity index (χ4v) is 4.08. The molecule has 4 aromatic rings. The van der Waals surface area contributed by atoms with Crippen LogP contribution in [-0.2, 0) is 4.79 Å². The number of carbonyl (C=O) groups is 1. The molecule has 1 fully saturated rings. The monoisotopic (exact) mass is 404 g/mol.